The van der Waals surface area contributed by atoms with Crippen molar-refractivity contribution in [3.05, 3.63) is 46.3 Å². The minimum Gasteiger partial charge on any atom is -0.410 e. The molecule has 6 heteroatoms. The number of thiophene rings is 1. The highest BCUT2D eigenvalue weighted by Gasteiger charge is 2.27. The molecule has 0 unspecified atom stereocenters. The van der Waals surface area contributed by atoms with Crippen molar-refractivity contribution in [2.24, 2.45) is 11.7 Å². The second-order valence-corrected chi connectivity index (χ2v) is 6.85. The first kappa shape index (κ1) is 15.6. The molecule has 0 aliphatic heterocycles. The molecule has 0 saturated carbocycles. The van der Waals surface area contributed by atoms with E-state index in [-0.39, 0.29) is 0 Å². The summed E-state index contributed by atoms with van der Waals surface area (Å²) in [5.41, 5.74) is 6.94. The van der Waals surface area contributed by atoms with Gasteiger partial charge in [0, 0.05) is 4.88 Å². The first-order valence-corrected chi connectivity index (χ1v) is 8.34. The molecule has 0 bridgehead atoms. The Morgan fingerprint density at radius 3 is 2.74 bits per heavy atom. The van der Waals surface area contributed by atoms with Crippen molar-refractivity contribution in [2.75, 3.05) is 5.32 Å². The zero-order chi connectivity index (χ0) is 16.4. The van der Waals surface area contributed by atoms with E-state index in [2.05, 4.69) is 12.2 Å². The maximum absolute atomic E-state index is 12.1. The molecule has 0 saturated heterocycles. The average Bonchev–Trinajstić information content (AvgIpc) is 2.84. The van der Waals surface area contributed by atoms with Crippen molar-refractivity contribution in [2.45, 2.75) is 26.2 Å². The Balaban J connectivity index is 1.82. The second kappa shape index (κ2) is 6.42. The summed E-state index contributed by atoms with van der Waals surface area (Å²) in [4.78, 5) is 25.0. The maximum Gasteiger partial charge on any atom is 0.417 e. The summed E-state index contributed by atoms with van der Waals surface area (Å²) in [5, 5.41) is 3.15. The molecule has 1 aromatic carbocycles. The molecule has 0 fully saturated rings. The van der Waals surface area contributed by atoms with E-state index in [1.165, 1.54) is 11.3 Å². The summed E-state index contributed by atoms with van der Waals surface area (Å²) in [7, 11) is 0. The molecule has 0 radical (unpaired) electrons. The number of nitrogens with two attached hydrogens (primary N) is 1. The molecule has 3 rings (SSSR count). The van der Waals surface area contributed by atoms with Gasteiger partial charge < -0.3 is 10.5 Å². The number of hydrogen-bond acceptors (Lipinski definition) is 4. The van der Waals surface area contributed by atoms with E-state index in [4.69, 9.17) is 10.5 Å². The van der Waals surface area contributed by atoms with Crippen LogP contribution in [0, 0.1) is 5.92 Å². The van der Waals surface area contributed by atoms with Crippen LogP contribution in [0.15, 0.2) is 30.3 Å². The van der Waals surface area contributed by atoms with Crippen LogP contribution in [0.2, 0.25) is 0 Å². The molecule has 1 aromatic heterocycles. The van der Waals surface area contributed by atoms with Crippen molar-refractivity contribution in [3.8, 4) is 5.75 Å². The number of benzene rings is 1. The molecule has 1 aliphatic carbocycles. The third-order valence-electron chi connectivity index (χ3n) is 3.93. The van der Waals surface area contributed by atoms with Crippen LogP contribution in [-0.2, 0) is 12.8 Å². The number of carbonyl (C=O) groups is 2. The lowest BCUT2D eigenvalue weighted by molar-refractivity contribution is 0.100. The van der Waals surface area contributed by atoms with Crippen LogP contribution in [-0.4, -0.2) is 12.0 Å². The third kappa shape index (κ3) is 3.37. The van der Waals surface area contributed by atoms with Gasteiger partial charge in [-0.25, -0.2) is 4.79 Å². The predicted octanol–water partition coefficient (Wildman–Crippen LogP) is 3.58. The Kier molecular flexibility index (Phi) is 4.34. The molecular weight excluding hydrogens is 312 g/mol. The zero-order valence-electron chi connectivity index (χ0n) is 12.8. The Hall–Kier alpha value is -2.34. The fourth-order valence-electron chi connectivity index (χ4n) is 2.81. The highest BCUT2D eigenvalue weighted by Crippen LogP contribution is 2.39. The van der Waals surface area contributed by atoms with Crippen LogP contribution in [0.25, 0.3) is 0 Å². The van der Waals surface area contributed by atoms with Gasteiger partial charge in [-0.05, 0) is 42.9 Å². The molecule has 1 aliphatic rings. The standard InChI is InChI=1S/C17H18N2O3S/c1-10-7-8-12-13(9-10)23-16(14(12)15(18)20)19-17(21)22-11-5-3-2-4-6-11/h2-6,10H,7-9H2,1H3,(H2,18,20)(H,19,21)/t10-/m1/s1. The molecule has 2 aromatic rings. The van der Waals surface area contributed by atoms with E-state index in [1.807, 2.05) is 6.07 Å². The minimum absolute atomic E-state index is 0.432. The topological polar surface area (TPSA) is 81.4 Å². The number of anilines is 1. The van der Waals surface area contributed by atoms with Crippen LogP contribution in [0.4, 0.5) is 9.80 Å². The molecule has 23 heavy (non-hydrogen) atoms. The predicted molar refractivity (Wildman–Crippen MR) is 90.1 cm³/mol. The number of para-hydroxylation sites is 1. The molecule has 5 nitrogen and oxygen atoms in total. The summed E-state index contributed by atoms with van der Waals surface area (Å²) in [6.07, 6.45) is 2.14. The van der Waals surface area contributed by atoms with Gasteiger partial charge in [-0.3, -0.25) is 10.1 Å². The quantitative estimate of drug-likeness (QED) is 0.902. The summed E-state index contributed by atoms with van der Waals surface area (Å²) in [5.74, 6) is 0.513. The van der Waals surface area contributed by atoms with E-state index >= 15 is 0 Å². The van der Waals surface area contributed by atoms with Gasteiger partial charge in [-0.15, -0.1) is 11.3 Å². The Morgan fingerprint density at radius 2 is 2.04 bits per heavy atom. The lowest BCUT2D eigenvalue weighted by Gasteiger charge is -2.18. The molecule has 1 atom stereocenters. The van der Waals surface area contributed by atoms with Crippen LogP contribution in [0.3, 0.4) is 0 Å². The largest absolute Gasteiger partial charge is 0.417 e. The summed E-state index contributed by atoms with van der Waals surface area (Å²) >= 11 is 1.42. The summed E-state index contributed by atoms with van der Waals surface area (Å²) in [6.45, 7) is 2.18. The highest BCUT2D eigenvalue weighted by atomic mass is 32.1. The summed E-state index contributed by atoms with van der Waals surface area (Å²) < 4.78 is 5.21. The second-order valence-electron chi connectivity index (χ2n) is 5.75. The van der Waals surface area contributed by atoms with E-state index < -0.39 is 12.0 Å². The SMILES string of the molecule is C[C@@H]1CCc2c(sc(NC(=O)Oc3ccccc3)c2C(N)=O)C1. The molecule has 2 amide bonds. The Labute approximate surface area is 138 Å². The van der Waals surface area contributed by atoms with Gasteiger partial charge in [-0.2, -0.15) is 0 Å². The fourth-order valence-corrected chi connectivity index (χ4v) is 4.22. The lowest BCUT2D eigenvalue weighted by atomic mass is 9.88. The number of ether oxygens (including phenoxy) is 1. The number of carbonyl (C=O) groups excluding carboxylic acids is 2. The zero-order valence-corrected chi connectivity index (χ0v) is 13.6. The lowest BCUT2D eigenvalue weighted by Crippen LogP contribution is -2.21. The highest BCUT2D eigenvalue weighted by molar-refractivity contribution is 7.17. The average molecular weight is 330 g/mol. The van der Waals surface area contributed by atoms with Gasteiger partial charge in [0.15, 0.2) is 0 Å². The van der Waals surface area contributed by atoms with Gasteiger partial charge in [0.2, 0.25) is 0 Å². The fraction of sp³-hybridized carbons (Fsp3) is 0.294. The monoisotopic (exact) mass is 330 g/mol. The number of amides is 2. The molecule has 3 N–H and O–H groups in total. The number of nitrogens with one attached hydrogen (secondary N) is 1. The van der Waals surface area contributed by atoms with Crippen molar-refractivity contribution >= 4 is 28.3 Å². The number of fused-ring (bicyclic) bond motifs is 1. The van der Waals surface area contributed by atoms with Gasteiger partial charge in [0.05, 0.1) is 5.56 Å². The summed E-state index contributed by atoms with van der Waals surface area (Å²) in [6, 6.07) is 8.78. The van der Waals surface area contributed by atoms with Gasteiger partial charge in [-0.1, -0.05) is 25.1 Å². The maximum atomic E-state index is 12.1. The minimum atomic E-state index is -0.620. The van der Waals surface area contributed by atoms with Crippen LogP contribution < -0.4 is 15.8 Å². The van der Waals surface area contributed by atoms with Gasteiger partial charge in [0.25, 0.3) is 5.91 Å². The van der Waals surface area contributed by atoms with Crippen molar-refractivity contribution in [1.82, 2.24) is 0 Å². The van der Waals surface area contributed by atoms with Gasteiger partial charge >= 0.3 is 6.09 Å². The Morgan fingerprint density at radius 1 is 1.30 bits per heavy atom. The normalized spacial score (nSPS) is 16.5. The smallest absolute Gasteiger partial charge is 0.410 e. The third-order valence-corrected chi connectivity index (χ3v) is 5.10. The number of hydrogen-bond donors (Lipinski definition) is 2. The first-order chi connectivity index (χ1) is 11.0. The number of rotatable bonds is 3. The van der Waals surface area contributed by atoms with E-state index in [9.17, 15) is 9.59 Å². The van der Waals surface area contributed by atoms with Crippen LogP contribution in [0.1, 0.15) is 34.1 Å². The van der Waals surface area contributed by atoms with E-state index in [0.717, 1.165) is 29.7 Å². The molecule has 120 valence electrons. The molecule has 1 heterocycles. The van der Waals surface area contributed by atoms with Crippen LogP contribution >= 0.6 is 11.3 Å². The van der Waals surface area contributed by atoms with Gasteiger partial charge in [0.1, 0.15) is 10.8 Å². The van der Waals surface area contributed by atoms with Crippen molar-refractivity contribution < 1.29 is 14.3 Å². The van der Waals surface area contributed by atoms with E-state index in [1.54, 1.807) is 24.3 Å². The first-order valence-electron chi connectivity index (χ1n) is 7.53. The van der Waals surface area contributed by atoms with Crippen LogP contribution in [0.5, 0.6) is 5.75 Å². The van der Waals surface area contributed by atoms with E-state index in [0.29, 0.717) is 22.2 Å². The van der Waals surface area contributed by atoms with Crippen molar-refractivity contribution in [1.29, 1.82) is 0 Å². The number of primary amides is 1. The Bertz CT molecular complexity index is 740. The van der Waals surface area contributed by atoms with Crippen molar-refractivity contribution in [3.63, 3.8) is 0 Å². The molecular formula is C17H18N2O3S. The molecule has 0 spiro atoms.